The van der Waals surface area contributed by atoms with E-state index in [2.05, 4.69) is 5.32 Å². The molecule has 0 fully saturated rings. The van der Waals surface area contributed by atoms with Gasteiger partial charge in [0.1, 0.15) is 6.04 Å². The van der Waals surface area contributed by atoms with Gasteiger partial charge in [0.25, 0.3) is 0 Å². The summed E-state index contributed by atoms with van der Waals surface area (Å²) in [4.78, 5) is 22.7. The standard InChI is InChI=1S/C14H20N2O3/c1-9(2)15-12(14(18)19)8-13(17)16-11-6-4-10(3)5-7-11/h4-7,9,12,15H,8H2,1-3H3,(H,16,17)(H,18,19). The Kier molecular flexibility index (Phi) is 5.51. The minimum Gasteiger partial charge on any atom is -0.544 e. The van der Waals surface area contributed by atoms with Gasteiger partial charge in [-0.25, -0.2) is 0 Å². The lowest BCUT2D eigenvalue weighted by atomic mass is 10.1. The molecule has 0 saturated heterocycles. The number of nitrogens with two attached hydrogens (primary N) is 1. The van der Waals surface area contributed by atoms with Crippen molar-refractivity contribution in [1.82, 2.24) is 0 Å². The maximum Gasteiger partial charge on any atom is 0.230 e. The Bertz CT molecular complexity index is 441. The van der Waals surface area contributed by atoms with Crippen LogP contribution in [0.15, 0.2) is 24.3 Å². The van der Waals surface area contributed by atoms with Gasteiger partial charge in [-0.3, -0.25) is 4.79 Å². The molecular weight excluding hydrogens is 244 g/mol. The van der Waals surface area contributed by atoms with Crippen molar-refractivity contribution in [3.63, 3.8) is 0 Å². The van der Waals surface area contributed by atoms with Crippen molar-refractivity contribution < 1.29 is 20.0 Å². The van der Waals surface area contributed by atoms with Crippen LogP contribution in [0, 0.1) is 6.92 Å². The zero-order chi connectivity index (χ0) is 14.4. The van der Waals surface area contributed by atoms with E-state index in [0.29, 0.717) is 5.69 Å². The highest BCUT2D eigenvalue weighted by atomic mass is 16.4. The molecule has 1 rings (SSSR count). The fraction of sp³-hybridized carbons (Fsp3) is 0.429. The molecule has 5 nitrogen and oxygen atoms in total. The second-order valence-corrected chi connectivity index (χ2v) is 4.98. The Hall–Kier alpha value is -1.88. The molecule has 1 aromatic rings. The van der Waals surface area contributed by atoms with Crippen molar-refractivity contribution >= 4 is 17.6 Å². The quantitative estimate of drug-likeness (QED) is 0.720. The van der Waals surface area contributed by atoms with E-state index in [4.69, 9.17) is 0 Å². The first-order valence-electron chi connectivity index (χ1n) is 6.31. The van der Waals surface area contributed by atoms with Crippen molar-refractivity contribution in [2.24, 2.45) is 0 Å². The third kappa shape index (κ3) is 5.52. The molecule has 0 bridgehead atoms. The second-order valence-electron chi connectivity index (χ2n) is 4.98. The molecule has 0 aliphatic heterocycles. The highest BCUT2D eigenvalue weighted by Crippen LogP contribution is 2.08. The molecule has 1 unspecified atom stereocenters. The number of quaternary nitrogens is 1. The zero-order valence-electron chi connectivity index (χ0n) is 11.5. The molecule has 1 aromatic carbocycles. The molecule has 0 aliphatic carbocycles. The predicted octanol–water partition coefficient (Wildman–Crippen LogP) is -0.586. The molecule has 19 heavy (non-hydrogen) atoms. The van der Waals surface area contributed by atoms with E-state index < -0.39 is 12.0 Å². The summed E-state index contributed by atoms with van der Waals surface area (Å²) in [6, 6.07) is 6.57. The van der Waals surface area contributed by atoms with Crippen LogP contribution in [0.3, 0.4) is 0 Å². The topological polar surface area (TPSA) is 85.8 Å². The van der Waals surface area contributed by atoms with Crippen LogP contribution in [0.25, 0.3) is 0 Å². The van der Waals surface area contributed by atoms with Crippen LogP contribution >= 0.6 is 0 Å². The summed E-state index contributed by atoms with van der Waals surface area (Å²) in [5, 5.41) is 15.2. The van der Waals surface area contributed by atoms with E-state index in [9.17, 15) is 14.7 Å². The number of hydrogen-bond acceptors (Lipinski definition) is 3. The smallest absolute Gasteiger partial charge is 0.230 e. The van der Waals surface area contributed by atoms with Gasteiger partial charge in [0.15, 0.2) is 0 Å². The Morgan fingerprint density at radius 2 is 1.84 bits per heavy atom. The van der Waals surface area contributed by atoms with E-state index in [1.54, 1.807) is 17.4 Å². The fourth-order valence-electron chi connectivity index (χ4n) is 1.74. The Balaban J connectivity index is 2.57. The molecular formula is C14H20N2O3. The van der Waals surface area contributed by atoms with Crippen molar-refractivity contribution in [2.75, 3.05) is 5.32 Å². The van der Waals surface area contributed by atoms with Crippen LogP contribution in [0.5, 0.6) is 0 Å². The Morgan fingerprint density at radius 3 is 2.32 bits per heavy atom. The summed E-state index contributed by atoms with van der Waals surface area (Å²) in [5.41, 5.74) is 1.76. The van der Waals surface area contributed by atoms with Crippen molar-refractivity contribution in [3.8, 4) is 0 Å². The first kappa shape index (κ1) is 15.2. The van der Waals surface area contributed by atoms with E-state index in [0.717, 1.165) is 5.56 Å². The Labute approximate surface area is 113 Å². The molecule has 5 heteroatoms. The van der Waals surface area contributed by atoms with Crippen molar-refractivity contribution in [2.45, 2.75) is 39.3 Å². The molecule has 0 aromatic heterocycles. The number of carboxylic acid groups (broad SMARTS) is 1. The van der Waals surface area contributed by atoms with Gasteiger partial charge in [-0.1, -0.05) is 17.7 Å². The number of carbonyl (C=O) groups is 2. The highest BCUT2D eigenvalue weighted by Gasteiger charge is 2.19. The van der Waals surface area contributed by atoms with E-state index in [-0.39, 0.29) is 18.4 Å². The lowest BCUT2D eigenvalue weighted by molar-refractivity contribution is -0.708. The molecule has 104 valence electrons. The number of anilines is 1. The van der Waals surface area contributed by atoms with Gasteiger partial charge >= 0.3 is 0 Å². The first-order chi connectivity index (χ1) is 8.88. The van der Waals surface area contributed by atoms with Crippen LogP contribution in [0.4, 0.5) is 5.69 Å². The average molecular weight is 264 g/mol. The van der Waals surface area contributed by atoms with E-state index in [1.807, 2.05) is 32.9 Å². The predicted molar refractivity (Wildman–Crippen MR) is 70.3 cm³/mol. The highest BCUT2D eigenvalue weighted by molar-refractivity contribution is 5.93. The molecule has 0 heterocycles. The number of rotatable bonds is 6. The summed E-state index contributed by atoms with van der Waals surface area (Å²) in [6.07, 6.45) is -0.103. The number of carboxylic acids is 1. The molecule has 0 saturated carbocycles. The maximum atomic E-state index is 11.8. The number of carbonyl (C=O) groups excluding carboxylic acids is 2. The fourth-order valence-corrected chi connectivity index (χ4v) is 1.74. The lowest BCUT2D eigenvalue weighted by Crippen LogP contribution is -2.96. The van der Waals surface area contributed by atoms with Crippen LogP contribution in [0.2, 0.25) is 0 Å². The van der Waals surface area contributed by atoms with Gasteiger partial charge < -0.3 is 20.5 Å². The van der Waals surface area contributed by atoms with E-state index >= 15 is 0 Å². The van der Waals surface area contributed by atoms with Crippen LogP contribution < -0.4 is 15.7 Å². The second kappa shape index (κ2) is 6.89. The van der Waals surface area contributed by atoms with Crippen LogP contribution in [-0.2, 0) is 9.59 Å². The molecule has 0 aliphatic rings. The first-order valence-corrected chi connectivity index (χ1v) is 6.31. The third-order valence-corrected chi connectivity index (χ3v) is 2.66. The average Bonchev–Trinajstić information content (AvgIpc) is 2.30. The number of aliphatic carboxylic acids is 1. The summed E-state index contributed by atoms with van der Waals surface area (Å²) >= 11 is 0. The number of amides is 1. The zero-order valence-corrected chi connectivity index (χ0v) is 11.5. The van der Waals surface area contributed by atoms with Crippen molar-refractivity contribution in [1.29, 1.82) is 0 Å². The number of benzene rings is 1. The number of hydrogen-bond donors (Lipinski definition) is 2. The molecule has 3 N–H and O–H groups in total. The van der Waals surface area contributed by atoms with Gasteiger partial charge in [-0.2, -0.15) is 0 Å². The third-order valence-electron chi connectivity index (χ3n) is 2.66. The van der Waals surface area contributed by atoms with Gasteiger partial charge in [0, 0.05) is 5.69 Å². The Morgan fingerprint density at radius 1 is 1.26 bits per heavy atom. The van der Waals surface area contributed by atoms with Gasteiger partial charge in [-0.15, -0.1) is 0 Å². The maximum absolute atomic E-state index is 11.8. The van der Waals surface area contributed by atoms with E-state index in [1.165, 1.54) is 0 Å². The van der Waals surface area contributed by atoms with Gasteiger partial charge in [0.05, 0.1) is 18.4 Å². The summed E-state index contributed by atoms with van der Waals surface area (Å²) in [7, 11) is 0. The number of aryl methyl sites for hydroxylation is 1. The van der Waals surface area contributed by atoms with Crippen LogP contribution in [-0.4, -0.2) is 24.0 Å². The summed E-state index contributed by atoms with van der Waals surface area (Å²) in [6.45, 7) is 5.69. The van der Waals surface area contributed by atoms with Gasteiger partial charge in [-0.05, 0) is 32.9 Å². The monoisotopic (exact) mass is 264 g/mol. The summed E-state index contributed by atoms with van der Waals surface area (Å²) in [5.74, 6) is -1.54. The van der Waals surface area contributed by atoms with Crippen LogP contribution in [0.1, 0.15) is 25.8 Å². The molecule has 0 spiro atoms. The molecule has 1 atom stereocenters. The molecule has 0 radical (unpaired) electrons. The normalized spacial score (nSPS) is 12.2. The van der Waals surface area contributed by atoms with Gasteiger partial charge in [0.2, 0.25) is 5.91 Å². The summed E-state index contributed by atoms with van der Waals surface area (Å²) < 4.78 is 0. The number of nitrogens with one attached hydrogen (secondary N) is 1. The largest absolute Gasteiger partial charge is 0.544 e. The minimum atomic E-state index is -1.22. The molecule has 1 amide bonds. The van der Waals surface area contributed by atoms with Crippen molar-refractivity contribution in [3.05, 3.63) is 29.8 Å². The SMILES string of the molecule is Cc1ccc(NC(=O)CC([NH2+]C(C)C)C(=O)[O-])cc1. The lowest BCUT2D eigenvalue weighted by Gasteiger charge is -2.18. The minimum absolute atomic E-state index is 0.0927.